The molecule has 0 fully saturated rings. The molecule has 3 atom stereocenters. The van der Waals surface area contributed by atoms with Crippen LogP contribution < -0.4 is 0 Å². The first-order chi connectivity index (χ1) is 12.5. The van der Waals surface area contributed by atoms with E-state index >= 15 is 0 Å². The van der Waals surface area contributed by atoms with Crippen molar-refractivity contribution >= 4 is 5.97 Å². The van der Waals surface area contributed by atoms with Gasteiger partial charge in [0.1, 0.15) is 0 Å². The van der Waals surface area contributed by atoms with Crippen LogP contribution in [0.15, 0.2) is 42.5 Å². The van der Waals surface area contributed by atoms with Gasteiger partial charge in [-0.1, -0.05) is 50.1 Å². The molecule has 0 aliphatic rings. The van der Waals surface area contributed by atoms with Gasteiger partial charge in [0, 0.05) is 12.7 Å². The van der Waals surface area contributed by atoms with Gasteiger partial charge < -0.3 is 19.7 Å². The van der Waals surface area contributed by atoms with E-state index in [-0.39, 0.29) is 12.5 Å². The highest BCUT2D eigenvalue weighted by Crippen LogP contribution is 2.17. The molecule has 1 rings (SSSR count). The standard InChI is InChI=1S/C21H32O5/c1-3-26-20(23)14-13-19(22)21(24)17(2)10-6-5-9-15-25-16-18-11-7-4-8-12-18/h4,7-8,11-14,17,19,21-22,24H,3,5-6,9-10,15-16H2,1-2H3/b14-13+/t17-,19-,21-/m0/s1. The monoisotopic (exact) mass is 364 g/mol. The molecule has 5 heteroatoms. The van der Waals surface area contributed by atoms with Gasteiger partial charge >= 0.3 is 5.97 Å². The Bertz CT molecular complexity index is 514. The first-order valence-electron chi connectivity index (χ1n) is 9.37. The summed E-state index contributed by atoms with van der Waals surface area (Å²) in [4.78, 5) is 11.2. The Hall–Kier alpha value is -1.69. The zero-order valence-electron chi connectivity index (χ0n) is 15.8. The van der Waals surface area contributed by atoms with E-state index in [2.05, 4.69) is 0 Å². The minimum atomic E-state index is -1.07. The number of ether oxygens (including phenoxy) is 2. The van der Waals surface area contributed by atoms with E-state index in [1.54, 1.807) is 6.92 Å². The molecule has 0 aliphatic carbocycles. The van der Waals surface area contributed by atoms with E-state index < -0.39 is 18.2 Å². The third-order valence-electron chi connectivity index (χ3n) is 4.21. The van der Waals surface area contributed by atoms with Crippen LogP contribution in [0.3, 0.4) is 0 Å². The summed E-state index contributed by atoms with van der Waals surface area (Å²) in [6.45, 7) is 5.25. The molecule has 26 heavy (non-hydrogen) atoms. The molecule has 0 aliphatic heterocycles. The Morgan fingerprint density at radius 3 is 2.58 bits per heavy atom. The Kier molecular flexibility index (Phi) is 11.6. The summed E-state index contributed by atoms with van der Waals surface area (Å²) < 4.78 is 10.4. The van der Waals surface area contributed by atoms with Gasteiger partial charge in [-0.25, -0.2) is 4.79 Å². The van der Waals surface area contributed by atoms with Gasteiger partial charge in [0.25, 0.3) is 0 Å². The lowest BCUT2D eigenvalue weighted by Gasteiger charge is -2.21. The number of unbranched alkanes of at least 4 members (excludes halogenated alkanes) is 2. The number of aliphatic hydroxyl groups is 2. The van der Waals surface area contributed by atoms with Crippen LogP contribution in [-0.2, 0) is 20.9 Å². The van der Waals surface area contributed by atoms with Crippen molar-refractivity contribution in [1.29, 1.82) is 0 Å². The highest BCUT2D eigenvalue weighted by atomic mass is 16.5. The Labute approximate surface area is 156 Å². The number of aliphatic hydroxyl groups excluding tert-OH is 2. The second-order valence-corrected chi connectivity index (χ2v) is 6.46. The van der Waals surface area contributed by atoms with Crippen LogP contribution in [-0.4, -0.2) is 41.6 Å². The molecule has 2 N–H and O–H groups in total. The zero-order chi connectivity index (χ0) is 19.2. The van der Waals surface area contributed by atoms with Gasteiger partial charge in [-0.3, -0.25) is 0 Å². The van der Waals surface area contributed by atoms with E-state index in [0.29, 0.717) is 6.61 Å². The third kappa shape index (κ3) is 9.70. The summed E-state index contributed by atoms with van der Waals surface area (Å²) in [5.74, 6) is -0.566. The van der Waals surface area contributed by atoms with Crippen LogP contribution in [0.2, 0.25) is 0 Å². The number of carbonyl (C=O) groups is 1. The highest BCUT2D eigenvalue weighted by molar-refractivity contribution is 5.81. The van der Waals surface area contributed by atoms with E-state index in [1.807, 2.05) is 37.3 Å². The smallest absolute Gasteiger partial charge is 0.330 e. The summed E-state index contributed by atoms with van der Waals surface area (Å²) in [7, 11) is 0. The summed E-state index contributed by atoms with van der Waals surface area (Å²) in [5.41, 5.74) is 1.18. The van der Waals surface area contributed by atoms with Crippen LogP contribution >= 0.6 is 0 Å². The molecule has 0 saturated heterocycles. The van der Waals surface area contributed by atoms with Crippen LogP contribution in [0, 0.1) is 5.92 Å². The van der Waals surface area contributed by atoms with Crippen molar-refractivity contribution in [3.8, 4) is 0 Å². The second kappa shape index (κ2) is 13.5. The highest BCUT2D eigenvalue weighted by Gasteiger charge is 2.20. The van der Waals surface area contributed by atoms with Crippen molar-refractivity contribution in [3.63, 3.8) is 0 Å². The van der Waals surface area contributed by atoms with Crippen molar-refractivity contribution in [2.75, 3.05) is 13.2 Å². The molecule has 0 unspecified atom stereocenters. The van der Waals surface area contributed by atoms with Gasteiger partial charge in [-0.2, -0.15) is 0 Å². The molecule has 0 saturated carbocycles. The molecular formula is C21H32O5. The third-order valence-corrected chi connectivity index (χ3v) is 4.21. The minimum Gasteiger partial charge on any atom is -0.463 e. The molecule has 0 aromatic heterocycles. The largest absolute Gasteiger partial charge is 0.463 e. The molecule has 5 nitrogen and oxygen atoms in total. The summed E-state index contributed by atoms with van der Waals surface area (Å²) in [5, 5.41) is 20.0. The molecule has 0 heterocycles. The summed E-state index contributed by atoms with van der Waals surface area (Å²) in [6.07, 6.45) is 4.25. The molecule has 0 radical (unpaired) electrons. The van der Waals surface area contributed by atoms with Crippen LogP contribution in [0.5, 0.6) is 0 Å². The van der Waals surface area contributed by atoms with Crippen molar-refractivity contribution in [2.24, 2.45) is 5.92 Å². The maximum Gasteiger partial charge on any atom is 0.330 e. The SMILES string of the molecule is CCOC(=O)/C=C/[C@H](O)[C@@H](O)[C@@H](C)CCCCCOCc1ccccc1. The lowest BCUT2D eigenvalue weighted by molar-refractivity contribution is -0.137. The molecule has 0 amide bonds. The topological polar surface area (TPSA) is 76.0 Å². The quantitative estimate of drug-likeness (QED) is 0.319. The first kappa shape index (κ1) is 22.4. The second-order valence-electron chi connectivity index (χ2n) is 6.46. The van der Waals surface area contributed by atoms with Crippen molar-refractivity contribution in [3.05, 3.63) is 48.0 Å². The molecule has 0 spiro atoms. The van der Waals surface area contributed by atoms with Crippen LogP contribution in [0.25, 0.3) is 0 Å². The fourth-order valence-electron chi connectivity index (χ4n) is 2.60. The van der Waals surface area contributed by atoms with Crippen LogP contribution in [0.4, 0.5) is 0 Å². The van der Waals surface area contributed by atoms with Crippen LogP contribution in [0.1, 0.15) is 45.1 Å². The van der Waals surface area contributed by atoms with Crippen molar-refractivity contribution in [2.45, 2.75) is 58.3 Å². The number of rotatable bonds is 13. The Morgan fingerprint density at radius 2 is 1.88 bits per heavy atom. The normalized spacial score (nSPS) is 14.9. The van der Waals surface area contributed by atoms with Gasteiger partial charge in [-0.15, -0.1) is 0 Å². The molecule has 146 valence electrons. The molecule has 1 aromatic rings. The van der Waals surface area contributed by atoms with Gasteiger partial charge in [-0.05, 0) is 37.3 Å². The van der Waals surface area contributed by atoms with Gasteiger partial charge in [0.05, 0.1) is 25.4 Å². The van der Waals surface area contributed by atoms with Crippen molar-refractivity contribution < 1.29 is 24.5 Å². The fraction of sp³-hybridized carbons (Fsp3) is 0.571. The lowest BCUT2D eigenvalue weighted by Crippen LogP contribution is -2.30. The lowest BCUT2D eigenvalue weighted by atomic mass is 9.93. The van der Waals surface area contributed by atoms with E-state index in [9.17, 15) is 15.0 Å². The number of hydrogen-bond acceptors (Lipinski definition) is 5. The first-order valence-corrected chi connectivity index (χ1v) is 9.37. The molecule has 0 bridgehead atoms. The number of hydrogen-bond donors (Lipinski definition) is 2. The maximum absolute atomic E-state index is 11.2. The zero-order valence-corrected chi connectivity index (χ0v) is 15.8. The molecular weight excluding hydrogens is 332 g/mol. The van der Waals surface area contributed by atoms with Crippen molar-refractivity contribution in [1.82, 2.24) is 0 Å². The van der Waals surface area contributed by atoms with Gasteiger partial charge in [0.2, 0.25) is 0 Å². The summed E-state index contributed by atoms with van der Waals surface area (Å²) in [6, 6.07) is 10.1. The summed E-state index contributed by atoms with van der Waals surface area (Å²) >= 11 is 0. The Balaban J connectivity index is 2.11. The average Bonchev–Trinajstić information content (AvgIpc) is 2.65. The van der Waals surface area contributed by atoms with Gasteiger partial charge in [0.15, 0.2) is 0 Å². The minimum absolute atomic E-state index is 0.0536. The van der Waals surface area contributed by atoms with E-state index in [4.69, 9.17) is 9.47 Å². The number of carbonyl (C=O) groups excluding carboxylic acids is 1. The van der Waals surface area contributed by atoms with E-state index in [1.165, 1.54) is 11.6 Å². The van der Waals surface area contributed by atoms with E-state index in [0.717, 1.165) is 38.4 Å². The maximum atomic E-state index is 11.2. The number of benzene rings is 1. The predicted octanol–water partition coefficient (Wildman–Crippen LogP) is 3.24. The average molecular weight is 364 g/mol. The fourth-order valence-corrected chi connectivity index (χ4v) is 2.60. The Morgan fingerprint density at radius 1 is 1.15 bits per heavy atom. The number of esters is 1. The predicted molar refractivity (Wildman–Crippen MR) is 102 cm³/mol. The molecule has 1 aromatic carbocycles.